The van der Waals surface area contributed by atoms with Crippen LogP contribution in [0.5, 0.6) is 0 Å². The molecule has 1 aromatic carbocycles. The number of hydrogen-bond donors (Lipinski definition) is 1. The summed E-state index contributed by atoms with van der Waals surface area (Å²) in [6, 6.07) is 7.48. The minimum atomic E-state index is -0.673. The Kier molecular flexibility index (Phi) is 2.59. The van der Waals surface area contributed by atoms with Gasteiger partial charge < -0.3 is 9.15 Å². The Morgan fingerprint density at radius 2 is 2.05 bits per heavy atom. The summed E-state index contributed by atoms with van der Waals surface area (Å²) in [6.07, 6.45) is -1.16. The number of ether oxygens (including phenoxy) is 1. The van der Waals surface area contributed by atoms with E-state index in [1.54, 1.807) is 0 Å². The van der Waals surface area contributed by atoms with Crippen molar-refractivity contribution in [3.05, 3.63) is 46.3 Å². The van der Waals surface area contributed by atoms with Gasteiger partial charge in [0.05, 0.1) is 6.54 Å². The standard InChI is InChI=1S/C12H11N3O4/c1-7-2-4-8(5-3-7)15-6-9(18-12(15)17)10-13-14-11(16)19-10/h2-5,9H,6H2,1H3,(H,14,16). The average molecular weight is 261 g/mol. The van der Waals surface area contributed by atoms with Gasteiger partial charge in [0, 0.05) is 5.69 Å². The number of hydrogen-bond acceptors (Lipinski definition) is 5. The molecule has 3 rings (SSSR count). The van der Waals surface area contributed by atoms with Crippen molar-refractivity contribution in [2.45, 2.75) is 13.0 Å². The highest BCUT2D eigenvalue weighted by Gasteiger charge is 2.36. The van der Waals surface area contributed by atoms with Crippen LogP contribution in [0.3, 0.4) is 0 Å². The maximum absolute atomic E-state index is 11.8. The molecule has 7 nitrogen and oxygen atoms in total. The van der Waals surface area contributed by atoms with Crippen LogP contribution in [-0.4, -0.2) is 22.8 Å². The fraction of sp³-hybridized carbons (Fsp3) is 0.250. The van der Waals surface area contributed by atoms with Crippen molar-refractivity contribution in [2.75, 3.05) is 11.4 Å². The van der Waals surface area contributed by atoms with Crippen molar-refractivity contribution in [1.29, 1.82) is 0 Å². The number of benzene rings is 1. The molecule has 0 saturated carbocycles. The predicted octanol–water partition coefficient (Wildman–Crippen LogP) is 1.37. The lowest BCUT2D eigenvalue weighted by Gasteiger charge is -2.12. The summed E-state index contributed by atoms with van der Waals surface area (Å²) < 4.78 is 9.92. The molecular weight excluding hydrogens is 250 g/mol. The van der Waals surface area contributed by atoms with Gasteiger partial charge in [-0.3, -0.25) is 4.90 Å². The van der Waals surface area contributed by atoms with Gasteiger partial charge in [-0.25, -0.2) is 14.7 Å². The van der Waals surface area contributed by atoms with Crippen molar-refractivity contribution in [1.82, 2.24) is 10.2 Å². The highest BCUT2D eigenvalue weighted by Crippen LogP contribution is 2.28. The van der Waals surface area contributed by atoms with Gasteiger partial charge in [-0.05, 0) is 19.1 Å². The summed E-state index contributed by atoms with van der Waals surface area (Å²) >= 11 is 0. The molecule has 1 N–H and O–H groups in total. The Bertz CT molecular complexity index is 658. The second kappa shape index (κ2) is 4.27. The molecule has 2 heterocycles. The van der Waals surface area contributed by atoms with Crippen LogP contribution in [0.4, 0.5) is 10.5 Å². The zero-order chi connectivity index (χ0) is 13.4. The van der Waals surface area contributed by atoms with E-state index in [1.807, 2.05) is 31.2 Å². The van der Waals surface area contributed by atoms with Crippen molar-refractivity contribution >= 4 is 11.8 Å². The molecule has 0 bridgehead atoms. The second-order valence-corrected chi connectivity index (χ2v) is 4.27. The number of aromatic nitrogens is 2. The van der Waals surface area contributed by atoms with E-state index in [1.165, 1.54) is 4.90 Å². The van der Waals surface area contributed by atoms with Gasteiger partial charge in [-0.2, -0.15) is 0 Å². The van der Waals surface area contributed by atoms with E-state index in [0.717, 1.165) is 11.3 Å². The molecule has 1 aliphatic heterocycles. The SMILES string of the molecule is Cc1ccc(N2CC(c3n[nH]c(=O)o3)OC2=O)cc1. The minimum Gasteiger partial charge on any atom is -0.434 e. The monoisotopic (exact) mass is 261 g/mol. The van der Waals surface area contributed by atoms with Gasteiger partial charge in [0.1, 0.15) is 0 Å². The Morgan fingerprint density at radius 1 is 1.32 bits per heavy atom. The highest BCUT2D eigenvalue weighted by molar-refractivity contribution is 5.89. The summed E-state index contributed by atoms with van der Waals surface area (Å²) in [5.74, 6) is -0.590. The molecule has 1 aromatic heterocycles. The number of amides is 1. The molecule has 1 saturated heterocycles. The number of aromatic amines is 1. The molecule has 1 unspecified atom stereocenters. The molecule has 1 aliphatic rings. The first-order chi connectivity index (χ1) is 9.13. The Hall–Kier alpha value is -2.57. The van der Waals surface area contributed by atoms with E-state index in [0.29, 0.717) is 0 Å². The van der Waals surface area contributed by atoms with Crippen LogP contribution in [0.2, 0.25) is 0 Å². The molecule has 1 fully saturated rings. The van der Waals surface area contributed by atoms with E-state index in [9.17, 15) is 9.59 Å². The molecule has 7 heteroatoms. The van der Waals surface area contributed by atoms with Gasteiger partial charge >= 0.3 is 11.8 Å². The molecule has 98 valence electrons. The smallest absolute Gasteiger partial charge is 0.434 e. The maximum atomic E-state index is 11.8. The zero-order valence-electron chi connectivity index (χ0n) is 10.1. The van der Waals surface area contributed by atoms with E-state index in [-0.39, 0.29) is 12.4 Å². The molecule has 0 radical (unpaired) electrons. The number of nitrogens with zero attached hydrogens (tertiary/aromatic N) is 2. The summed E-state index contributed by atoms with van der Waals surface area (Å²) in [6.45, 7) is 2.23. The summed E-state index contributed by atoms with van der Waals surface area (Å²) in [5.41, 5.74) is 1.84. The largest absolute Gasteiger partial charge is 0.434 e. The van der Waals surface area contributed by atoms with E-state index in [4.69, 9.17) is 9.15 Å². The van der Waals surface area contributed by atoms with Crippen LogP contribution >= 0.6 is 0 Å². The lowest BCUT2D eigenvalue weighted by atomic mass is 10.2. The molecule has 2 aromatic rings. The predicted molar refractivity (Wildman–Crippen MR) is 64.9 cm³/mol. The molecule has 19 heavy (non-hydrogen) atoms. The Balaban J connectivity index is 1.84. The summed E-state index contributed by atoms with van der Waals surface area (Å²) in [4.78, 5) is 24.1. The van der Waals surface area contributed by atoms with Crippen molar-refractivity contribution in [2.24, 2.45) is 0 Å². The first kappa shape index (κ1) is 11.5. The number of anilines is 1. The van der Waals surface area contributed by atoms with Crippen molar-refractivity contribution < 1.29 is 13.9 Å². The third kappa shape index (κ3) is 2.10. The quantitative estimate of drug-likeness (QED) is 0.881. The van der Waals surface area contributed by atoms with Crippen LogP contribution in [0.1, 0.15) is 17.6 Å². The van der Waals surface area contributed by atoms with Gasteiger partial charge in [0.25, 0.3) is 5.89 Å². The van der Waals surface area contributed by atoms with Crippen LogP contribution in [-0.2, 0) is 4.74 Å². The third-order valence-electron chi connectivity index (χ3n) is 2.89. The number of nitrogens with one attached hydrogen (secondary N) is 1. The van der Waals surface area contributed by atoms with Crippen LogP contribution in [0, 0.1) is 6.92 Å². The third-order valence-corrected chi connectivity index (χ3v) is 2.89. The first-order valence-electron chi connectivity index (χ1n) is 5.74. The fourth-order valence-corrected chi connectivity index (χ4v) is 1.91. The zero-order valence-corrected chi connectivity index (χ0v) is 10.1. The van der Waals surface area contributed by atoms with E-state index in [2.05, 4.69) is 10.2 Å². The number of carbonyl (C=O) groups excluding carboxylic acids is 1. The number of H-pyrrole nitrogens is 1. The van der Waals surface area contributed by atoms with Gasteiger partial charge in [0.15, 0.2) is 6.10 Å². The van der Waals surface area contributed by atoms with Crippen molar-refractivity contribution in [3.8, 4) is 0 Å². The summed E-state index contributed by atoms with van der Waals surface area (Å²) in [5, 5.41) is 5.81. The maximum Gasteiger partial charge on any atom is 0.434 e. The first-order valence-corrected chi connectivity index (χ1v) is 5.74. The van der Waals surface area contributed by atoms with Gasteiger partial charge in [-0.15, -0.1) is 5.10 Å². The van der Waals surface area contributed by atoms with Crippen molar-refractivity contribution in [3.63, 3.8) is 0 Å². The lowest BCUT2D eigenvalue weighted by Crippen LogP contribution is -2.23. The number of rotatable bonds is 2. The average Bonchev–Trinajstić information content (AvgIpc) is 2.97. The number of carbonyl (C=O) groups is 1. The van der Waals surface area contributed by atoms with Crippen LogP contribution in [0.25, 0.3) is 0 Å². The second-order valence-electron chi connectivity index (χ2n) is 4.27. The van der Waals surface area contributed by atoms with E-state index >= 15 is 0 Å². The van der Waals surface area contributed by atoms with Gasteiger partial charge in [-0.1, -0.05) is 17.7 Å². The molecule has 0 aliphatic carbocycles. The minimum absolute atomic E-state index is 0.0768. The van der Waals surface area contributed by atoms with Crippen LogP contribution in [0.15, 0.2) is 33.5 Å². The molecule has 1 amide bonds. The summed E-state index contributed by atoms with van der Waals surface area (Å²) in [7, 11) is 0. The number of cyclic esters (lactones) is 1. The molecule has 0 spiro atoms. The van der Waals surface area contributed by atoms with E-state index < -0.39 is 18.0 Å². The fourth-order valence-electron chi connectivity index (χ4n) is 1.91. The van der Waals surface area contributed by atoms with Gasteiger partial charge in [0.2, 0.25) is 0 Å². The van der Waals surface area contributed by atoms with Crippen LogP contribution < -0.4 is 10.7 Å². The molecule has 1 atom stereocenters. The topological polar surface area (TPSA) is 88.4 Å². The number of aryl methyl sites for hydroxylation is 1. The Labute approximate surface area is 107 Å². The normalized spacial score (nSPS) is 18.7. The molecular formula is C12H11N3O4. The highest BCUT2D eigenvalue weighted by atomic mass is 16.6. The Morgan fingerprint density at radius 3 is 2.68 bits per heavy atom. The lowest BCUT2D eigenvalue weighted by molar-refractivity contribution is 0.125.